The molecule has 0 aromatic heterocycles. The lowest BCUT2D eigenvalue weighted by Gasteiger charge is -2.12. The molecular weight excluding hydrogens is 736 g/mol. The molecule has 292 valence electrons. The van der Waals surface area contributed by atoms with Crippen molar-refractivity contribution >= 4 is 29.7 Å². The van der Waals surface area contributed by atoms with Gasteiger partial charge in [0.05, 0.1) is 31.8 Å². The first-order valence-electron chi connectivity index (χ1n) is 13.7. The van der Waals surface area contributed by atoms with Gasteiger partial charge in [-0.05, 0) is 39.0 Å². The molecule has 22 heteroatoms. The van der Waals surface area contributed by atoms with Crippen LogP contribution in [0.4, 0.5) is 52.7 Å². The lowest BCUT2D eigenvalue weighted by Crippen LogP contribution is -2.31. The quantitative estimate of drug-likeness (QED) is 0.0657. The highest BCUT2D eigenvalue weighted by Crippen LogP contribution is 2.22. The molecule has 0 fully saturated rings. The van der Waals surface area contributed by atoms with Crippen molar-refractivity contribution in [2.45, 2.75) is 64.4 Å². The van der Waals surface area contributed by atoms with Crippen LogP contribution in [-0.4, -0.2) is 92.0 Å². The van der Waals surface area contributed by atoms with E-state index >= 15 is 0 Å². The number of ketones is 1. The van der Waals surface area contributed by atoms with Crippen molar-refractivity contribution in [2.75, 3.05) is 26.4 Å². The van der Waals surface area contributed by atoms with Gasteiger partial charge in [0, 0.05) is 18.2 Å². The number of carbonyl (C=O) groups is 5. The maximum Gasteiger partial charge on any atom is 0.450 e. The first-order chi connectivity index (χ1) is 23.2. The SMILES string of the molecule is CCOC(=O)C=CC(F)(F)F.CCOC(=O)CC(=O)C(F)(F)F.CCOC(=O)CC(O)C(F)(F)F.O=C(OC/C=C/C(F)(F)F)c1ccccc1. The molecule has 0 aliphatic carbocycles. The molecule has 51 heavy (non-hydrogen) atoms. The molecule has 0 amide bonds. The Labute approximate surface area is 282 Å². The van der Waals surface area contributed by atoms with Gasteiger partial charge in [-0.3, -0.25) is 14.4 Å². The fourth-order valence-electron chi connectivity index (χ4n) is 2.25. The van der Waals surface area contributed by atoms with E-state index in [-0.39, 0.29) is 32.0 Å². The van der Waals surface area contributed by atoms with Gasteiger partial charge >= 0.3 is 48.6 Å². The van der Waals surface area contributed by atoms with Crippen molar-refractivity contribution in [1.29, 1.82) is 0 Å². The molecule has 0 spiro atoms. The number of hydrogen-bond donors (Lipinski definition) is 1. The number of aliphatic hydroxyl groups is 1. The first-order valence-corrected chi connectivity index (χ1v) is 13.7. The van der Waals surface area contributed by atoms with Crippen LogP contribution in [0, 0.1) is 0 Å². The number of Topliss-reactive ketones (excluding diaryl/α,β-unsaturated/α-hetero) is 1. The number of alkyl halides is 12. The Bertz CT molecular complexity index is 1240. The summed E-state index contributed by atoms with van der Waals surface area (Å²) >= 11 is 0. The number of aliphatic hydroxyl groups excluding tert-OH is 1. The molecule has 1 rings (SSSR count). The van der Waals surface area contributed by atoms with E-state index in [0.717, 1.165) is 6.08 Å². The van der Waals surface area contributed by atoms with Gasteiger partial charge in [-0.2, -0.15) is 52.7 Å². The van der Waals surface area contributed by atoms with Crippen LogP contribution >= 0.6 is 0 Å². The third kappa shape index (κ3) is 33.6. The summed E-state index contributed by atoms with van der Waals surface area (Å²) in [5, 5.41) is 8.36. The van der Waals surface area contributed by atoms with Gasteiger partial charge in [-0.1, -0.05) is 18.2 Å². The molecule has 1 atom stereocenters. The lowest BCUT2D eigenvalue weighted by atomic mass is 10.2. The zero-order valence-electron chi connectivity index (χ0n) is 26.7. The smallest absolute Gasteiger partial charge is 0.450 e. The number of halogens is 12. The molecule has 0 saturated heterocycles. The lowest BCUT2D eigenvalue weighted by molar-refractivity contribution is -0.209. The molecule has 1 aromatic rings. The minimum absolute atomic E-state index is 0.00338. The molecular formula is C29H32F12O10. The largest absolute Gasteiger partial charge is 0.466 e. The highest BCUT2D eigenvalue weighted by Gasteiger charge is 2.40. The van der Waals surface area contributed by atoms with Gasteiger partial charge in [0.25, 0.3) is 0 Å². The molecule has 1 unspecified atom stereocenters. The fourth-order valence-corrected chi connectivity index (χ4v) is 2.25. The molecule has 1 N–H and O–H groups in total. The topological polar surface area (TPSA) is 142 Å². The van der Waals surface area contributed by atoms with Gasteiger partial charge in [-0.15, -0.1) is 0 Å². The number of carbonyl (C=O) groups excluding carboxylic acids is 5. The third-order valence-electron chi connectivity index (χ3n) is 4.29. The van der Waals surface area contributed by atoms with E-state index in [1.165, 1.54) is 32.9 Å². The zero-order chi connectivity index (χ0) is 40.5. The number of esters is 4. The second-order valence-electron chi connectivity index (χ2n) is 8.50. The third-order valence-corrected chi connectivity index (χ3v) is 4.29. The Kier molecular flexibility index (Phi) is 25.2. The fraction of sp³-hybridized carbons (Fsp3) is 0.483. The van der Waals surface area contributed by atoms with Crippen molar-refractivity contribution in [3.63, 3.8) is 0 Å². The Morgan fingerprint density at radius 3 is 1.57 bits per heavy atom. The predicted molar refractivity (Wildman–Crippen MR) is 149 cm³/mol. The first kappa shape index (κ1) is 50.7. The summed E-state index contributed by atoms with van der Waals surface area (Å²) in [5.41, 5.74) is 0.308. The van der Waals surface area contributed by atoms with Crippen molar-refractivity contribution in [1.82, 2.24) is 0 Å². The highest BCUT2D eigenvalue weighted by atomic mass is 19.4. The van der Waals surface area contributed by atoms with E-state index in [1.54, 1.807) is 18.2 Å². The van der Waals surface area contributed by atoms with Crippen LogP contribution in [0.25, 0.3) is 0 Å². The van der Waals surface area contributed by atoms with Crippen LogP contribution < -0.4 is 0 Å². The van der Waals surface area contributed by atoms with Crippen LogP contribution in [0.15, 0.2) is 54.6 Å². The van der Waals surface area contributed by atoms with E-state index in [9.17, 15) is 76.7 Å². The zero-order valence-corrected chi connectivity index (χ0v) is 26.7. The Morgan fingerprint density at radius 1 is 0.686 bits per heavy atom. The van der Waals surface area contributed by atoms with E-state index in [4.69, 9.17) is 5.11 Å². The minimum atomic E-state index is -4.95. The number of benzene rings is 1. The second-order valence-corrected chi connectivity index (χ2v) is 8.50. The molecule has 10 nitrogen and oxygen atoms in total. The molecule has 0 aliphatic heterocycles. The summed E-state index contributed by atoms with van der Waals surface area (Å²) in [6.45, 7) is 4.06. The van der Waals surface area contributed by atoms with Crippen LogP contribution in [0.2, 0.25) is 0 Å². The monoisotopic (exact) mass is 768 g/mol. The summed E-state index contributed by atoms with van der Waals surface area (Å²) in [6.07, 6.45) is -22.5. The van der Waals surface area contributed by atoms with E-state index < -0.39 is 79.9 Å². The van der Waals surface area contributed by atoms with Gasteiger partial charge in [-0.25, -0.2) is 9.59 Å². The number of ether oxygens (including phenoxy) is 4. The number of rotatable bonds is 11. The maximum atomic E-state index is 11.7. The van der Waals surface area contributed by atoms with E-state index in [1.807, 2.05) is 0 Å². The number of hydrogen-bond acceptors (Lipinski definition) is 10. The van der Waals surface area contributed by atoms with Crippen LogP contribution in [0.1, 0.15) is 44.0 Å². The van der Waals surface area contributed by atoms with Crippen LogP contribution in [-0.2, 0) is 38.1 Å². The standard InChI is InChI=1S/C11H9F3O2.C6H9F3O3.C6H7F3O3.C6H7F3O2/c12-11(13,14)7-4-8-16-10(15)9-5-2-1-3-6-9;2*1-2-12-5(11)3-4(10)6(7,8)9;1-2-11-5(10)3-4-6(7,8)9/h1-7H,8H2;4,10H,2-3H2,1H3;2-3H2,1H3;3-4H,2H2,1H3/b7-4+;;;. The molecule has 0 radical (unpaired) electrons. The molecule has 0 bridgehead atoms. The molecule has 0 heterocycles. The van der Waals surface area contributed by atoms with E-state index in [0.29, 0.717) is 11.6 Å². The normalized spacial score (nSPS) is 12.2. The van der Waals surface area contributed by atoms with Crippen molar-refractivity contribution in [3.05, 3.63) is 60.2 Å². The highest BCUT2D eigenvalue weighted by molar-refractivity contribution is 5.98. The minimum Gasteiger partial charge on any atom is -0.466 e. The van der Waals surface area contributed by atoms with Crippen LogP contribution in [0.3, 0.4) is 0 Å². The van der Waals surface area contributed by atoms with Gasteiger partial charge in [0.2, 0.25) is 5.78 Å². The van der Waals surface area contributed by atoms with Crippen LogP contribution in [0.5, 0.6) is 0 Å². The average molecular weight is 769 g/mol. The number of allylic oxidation sites excluding steroid dienone is 2. The Hall–Kier alpha value is -4.63. The average Bonchev–Trinajstić information content (AvgIpc) is 2.98. The predicted octanol–water partition coefficient (Wildman–Crippen LogP) is 6.56. The molecule has 1 aromatic carbocycles. The maximum absolute atomic E-state index is 11.7. The van der Waals surface area contributed by atoms with Gasteiger partial charge < -0.3 is 24.1 Å². The van der Waals surface area contributed by atoms with Gasteiger partial charge in [0.15, 0.2) is 6.10 Å². The second kappa shape index (κ2) is 25.3. The van der Waals surface area contributed by atoms with Gasteiger partial charge in [0.1, 0.15) is 13.0 Å². The summed E-state index contributed by atoms with van der Waals surface area (Å²) in [5.74, 6) is -5.92. The Morgan fingerprint density at radius 2 is 1.16 bits per heavy atom. The molecule has 0 aliphatic rings. The summed E-state index contributed by atoms with van der Waals surface area (Å²) in [6, 6.07) is 8.05. The Balaban J connectivity index is -0.000000610. The van der Waals surface area contributed by atoms with Crippen molar-refractivity contribution in [2.24, 2.45) is 0 Å². The van der Waals surface area contributed by atoms with E-state index in [2.05, 4.69) is 18.9 Å². The summed E-state index contributed by atoms with van der Waals surface area (Å²) in [7, 11) is 0. The summed E-state index contributed by atoms with van der Waals surface area (Å²) < 4.78 is 156. The van der Waals surface area contributed by atoms with Crippen molar-refractivity contribution < 1.29 is 101 Å². The van der Waals surface area contributed by atoms with Crippen molar-refractivity contribution in [3.8, 4) is 0 Å². The molecule has 0 saturated carbocycles. The summed E-state index contributed by atoms with van der Waals surface area (Å²) in [4.78, 5) is 52.4.